The van der Waals surface area contributed by atoms with Gasteiger partial charge in [0.05, 0.1) is 5.92 Å². The molecule has 37 heavy (non-hydrogen) atoms. The molecule has 0 aromatic heterocycles. The SMILES string of the molecule is CCC(CC)C(=O)OCOc1ccc2c(c1)[C@@]13CCCC[C@@H]1[C@H](C2)N(C(=O)OCc1ccccc1)CC3. The Labute approximate surface area is 220 Å². The van der Waals surface area contributed by atoms with Gasteiger partial charge in [-0.05, 0) is 73.3 Å². The molecule has 3 aliphatic rings. The van der Waals surface area contributed by atoms with Crippen molar-refractivity contribution in [3.63, 3.8) is 0 Å². The lowest BCUT2D eigenvalue weighted by molar-refractivity contribution is -0.155. The highest BCUT2D eigenvalue weighted by Gasteiger charge is 2.55. The van der Waals surface area contributed by atoms with Crippen molar-refractivity contribution < 1.29 is 23.8 Å². The van der Waals surface area contributed by atoms with Crippen LogP contribution in [0.4, 0.5) is 4.79 Å². The minimum absolute atomic E-state index is 0.0613. The van der Waals surface area contributed by atoms with E-state index in [1.165, 1.54) is 24.0 Å². The minimum atomic E-state index is -0.198. The molecule has 0 radical (unpaired) electrons. The second kappa shape index (κ2) is 11.2. The normalized spacial score (nSPS) is 24.1. The first kappa shape index (κ1) is 25.6. The number of carbonyl (C=O) groups is 2. The van der Waals surface area contributed by atoms with E-state index in [1.807, 2.05) is 55.1 Å². The summed E-state index contributed by atoms with van der Waals surface area (Å²) >= 11 is 0. The fraction of sp³-hybridized carbons (Fsp3) is 0.548. The highest BCUT2D eigenvalue weighted by molar-refractivity contribution is 5.72. The summed E-state index contributed by atoms with van der Waals surface area (Å²) in [7, 11) is 0. The van der Waals surface area contributed by atoms with Gasteiger partial charge in [-0.25, -0.2) is 4.79 Å². The maximum absolute atomic E-state index is 13.2. The molecule has 1 saturated carbocycles. The topological polar surface area (TPSA) is 65.1 Å². The average Bonchev–Trinajstić information content (AvgIpc) is 2.93. The van der Waals surface area contributed by atoms with Crippen LogP contribution in [-0.4, -0.2) is 36.3 Å². The zero-order valence-corrected chi connectivity index (χ0v) is 22.1. The molecule has 0 spiro atoms. The van der Waals surface area contributed by atoms with Crippen LogP contribution in [0.2, 0.25) is 0 Å². The first-order chi connectivity index (χ1) is 18.1. The molecule has 2 bridgehead atoms. The van der Waals surface area contributed by atoms with E-state index in [4.69, 9.17) is 14.2 Å². The molecular formula is C31H39NO5. The number of rotatable bonds is 8. The monoisotopic (exact) mass is 505 g/mol. The largest absolute Gasteiger partial charge is 0.457 e. The molecule has 2 aromatic carbocycles. The van der Waals surface area contributed by atoms with Gasteiger partial charge in [0.1, 0.15) is 12.4 Å². The van der Waals surface area contributed by atoms with Crippen molar-refractivity contribution >= 4 is 12.1 Å². The van der Waals surface area contributed by atoms with Crippen LogP contribution in [0.1, 0.15) is 75.5 Å². The van der Waals surface area contributed by atoms with Crippen molar-refractivity contribution in [2.45, 2.75) is 83.3 Å². The van der Waals surface area contributed by atoms with Gasteiger partial charge in [-0.1, -0.05) is 63.1 Å². The van der Waals surface area contributed by atoms with Crippen molar-refractivity contribution in [2.24, 2.45) is 11.8 Å². The van der Waals surface area contributed by atoms with E-state index in [2.05, 4.69) is 12.1 Å². The Morgan fingerprint density at radius 3 is 2.62 bits per heavy atom. The third-order valence-electron chi connectivity index (χ3n) is 8.99. The first-order valence-electron chi connectivity index (χ1n) is 14.0. The summed E-state index contributed by atoms with van der Waals surface area (Å²) < 4.78 is 17.1. The van der Waals surface area contributed by atoms with Crippen LogP contribution in [0.5, 0.6) is 5.75 Å². The van der Waals surface area contributed by atoms with Crippen LogP contribution < -0.4 is 4.74 Å². The van der Waals surface area contributed by atoms with Crippen molar-refractivity contribution in [3.8, 4) is 5.75 Å². The summed E-state index contributed by atoms with van der Waals surface area (Å²) in [5, 5.41) is 0. The second-order valence-corrected chi connectivity index (χ2v) is 10.8. The number of fused-ring (bicyclic) bond motifs is 1. The summed E-state index contributed by atoms with van der Waals surface area (Å²) in [6.45, 7) is 4.96. The van der Waals surface area contributed by atoms with E-state index in [-0.39, 0.29) is 36.2 Å². The molecule has 198 valence electrons. The Morgan fingerprint density at radius 1 is 1.03 bits per heavy atom. The molecule has 5 rings (SSSR count). The number of amides is 1. The predicted molar refractivity (Wildman–Crippen MR) is 141 cm³/mol. The molecular weight excluding hydrogens is 466 g/mol. The van der Waals surface area contributed by atoms with Crippen molar-refractivity contribution in [1.29, 1.82) is 0 Å². The number of likely N-dealkylation sites (tertiary alicyclic amines) is 1. The number of piperidine rings is 1. The number of nitrogens with zero attached hydrogens (tertiary/aromatic N) is 1. The van der Waals surface area contributed by atoms with Gasteiger partial charge in [-0.2, -0.15) is 0 Å². The van der Waals surface area contributed by atoms with Crippen LogP contribution in [0, 0.1) is 11.8 Å². The molecule has 1 amide bonds. The average molecular weight is 506 g/mol. The summed E-state index contributed by atoms with van der Waals surface area (Å²) in [5.41, 5.74) is 3.74. The molecule has 0 unspecified atom stereocenters. The van der Waals surface area contributed by atoms with E-state index in [1.54, 1.807) is 0 Å². The van der Waals surface area contributed by atoms with Crippen LogP contribution in [0.25, 0.3) is 0 Å². The van der Waals surface area contributed by atoms with Gasteiger partial charge in [0.25, 0.3) is 0 Å². The van der Waals surface area contributed by atoms with Crippen molar-refractivity contribution in [3.05, 3.63) is 65.2 Å². The van der Waals surface area contributed by atoms with Crippen molar-refractivity contribution in [1.82, 2.24) is 4.90 Å². The predicted octanol–water partition coefficient (Wildman–Crippen LogP) is 6.40. The van der Waals surface area contributed by atoms with Gasteiger partial charge >= 0.3 is 12.1 Å². The van der Waals surface area contributed by atoms with Gasteiger partial charge in [-0.3, -0.25) is 4.79 Å². The first-order valence-corrected chi connectivity index (χ1v) is 14.0. The molecule has 1 aliphatic heterocycles. The Kier molecular flexibility index (Phi) is 7.73. The Bertz CT molecular complexity index is 1100. The maximum atomic E-state index is 13.2. The molecule has 1 saturated heterocycles. The standard InChI is InChI=1S/C31H39NO5/c1-3-23(4-2)29(33)37-21-36-25-14-13-24-18-28-26-12-8-9-15-31(26,27(24)19-25)16-17-32(28)30(34)35-20-22-10-6-5-7-11-22/h5-7,10-11,13-14,19,23,26,28H,3-4,8-9,12,15-18,20-21H2,1-2H3/t26-,28+,31-/m1/s1. The van der Waals surface area contributed by atoms with Crippen LogP contribution in [0.15, 0.2) is 48.5 Å². The number of hydrogen-bond acceptors (Lipinski definition) is 5. The summed E-state index contributed by atoms with van der Waals surface area (Å²) in [4.78, 5) is 27.4. The fourth-order valence-electron chi connectivity index (χ4n) is 7.00. The number of esters is 1. The van der Waals surface area contributed by atoms with Crippen LogP contribution >= 0.6 is 0 Å². The van der Waals surface area contributed by atoms with Gasteiger partial charge in [0.15, 0.2) is 0 Å². The lowest BCUT2D eigenvalue weighted by Gasteiger charge is -2.58. The van der Waals surface area contributed by atoms with Gasteiger partial charge in [-0.15, -0.1) is 0 Å². The molecule has 3 atom stereocenters. The smallest absolute Gasteiger partial charge is 0.410 e. The van der Waals surface area contributed by atoms with E-state index < -0.39 is 0 Å². The summed E-state index contributed by atoms with van der Waals surface area (Å²) in [5.74, 6) is 0.909. The quantitative estimate of drug-likeness (QED) is 0.307. The number of benzene rings is 2. The fourth-order valence-corrected chi connectivity index (χ4v) is 7.00. The highest BCUT2D eigenvalue weighted by atomic mass is 16.7. The van der Waals surface area contributed by atoms with Crippen molar-refractivity contribution in [2.75, 3.05) is 13.3 Å². The highest BCUT2D eigenvalue weighted by Crippen LogP contribution is 2.56. The second-order valence-electron chi connectivity index (χ2n) is 10.8. The molecule has 2 aromatic rings. The van der Waals surface area contributed by atoms with Crippen LogP contribution in [-0.2, 0) is 32.7 Å². The third kappa shape index (κ3) is 5.07. The summed E-state index contributed by atoms with van der Waals surface area (Å²) in [6, 6.07) is 16.3. The zero-order valence-electron chi connectivity index (χ0n) is 22.1. The van der Waals surface area contributed by atoms with Crippen LogP contribution in [0.3, 0.4) is 0 Å². The lowest BCUT2D eigenvalue weighted by Crippen LogP contribution is -2.62. The van der Waals surface area contributed by atoms with Gasteiger partial charge < -0.3 is 19.1 Å². The van der Waals surface area contributed by atoms with Gasteiger partial charge in [0.2, 0.25) is 6.79 Å². The summed E-state index contributed by atoms with van der Waals surface area (Å²) in [6.07, 6.45) is 7.81. The van der Waals surface area contributed by atoms with E-state index in [9.17, 15) is 9.59 Å². The minimum Gasteiger partial charge on any atom is -0.457 e. The molecule has 2 fully saturated rings. The molecule has 1 heterocycles. The Balaban J connectivity index is 1.30. The van der Waals surface area contributed by atoms with Gasteiger partial charge in [0, 0.05) is 18.0 Å². The third-order valence-corrected chi connectivity index (χ3v) is 8.99. The number of hydrogen-bond donors (Lipinski definition) is 0. The zero-order chi connectivity index (χ0) is 25.8. The Hall–Kier alpha value is -3.02. The van der Waals surface area contributed by atoms with E-state index in [0.717, 1.165) is 49.8 Å². The van der Waals surface area contributed by atoms with E-state index >= 15 is 0 Å². The van der Waals surface area contributed by atoms with E-state index in [0.29, 0.717) is 19.1 Å². The maximum Gasteiger partial charge on any atom is 0.410 e. The molecule has 6 heteroatoms. The molecule has 6 nitrogen and oxygen atoms in total. The number of ether oxygens (including phenoxy) is 3. The molecule has 2 aliphatic carbocycles. The Morgan fingerprint density at radius 2 is 1.84 bits per heavy atom. The molecule has 0 N–H and O–H groups in total. The number of carbonyl (C=O) groups excluding carboxylic acids is 2. The lowest BCUT2D eigenvalue weighted by atomic mass is 9.52.